The van der Waals surface area contributed by atoms with Crippen LogP contribution in [-0.2, 0) is 4.79 Å². The highest BCUT2D eigenvalue weighted by atomic mass is 16.5. The number of rotatable bonds is 2. The van der Waals surface area contributed by atoms with Crippen LogP contribution >= 0.6 is 0 Å². The quantitative estimate of drug-likeness (QED) is 0.716. The maximum absolute atomic E-state index is 12.4. The van der Waals surface area contributed by atoms with Gasteiger partial charge < -0.3 is 15.0 Å². The minimum absolute atomic E-state index is 0.162. The van der Waals surface area contributed by atoms with Crippen molar-refractivity contribution < 1.29 is 19.1 Å². The summed E-state index contributed by atoms with van der Waals surface area (Å²) in [6.07, 6.45) is 1.83. The Morgan fingerprint density at radius 2 is 2.24 bits per heavy atom. The zero-order valence-corrected chi connectivity index (χ0v) is 11.4. The molecule has 0 saturated carbocycles. The third-order valence-corrected chi connectivity index (χ3v) is 3.76. The number of aromatic nitrogens is 1. The van der Waals surface area contributed by atoms with Gasteiger partial charge in [-0.05, 0) is 12.5 Å². The van der Waals surface area contributed by atoms with Crippen LogP contribution in [0.5, 0.6) is 5.88 Å². The normalized spacial score (nSPS) is 24.1. The molecule has 0 bridgehead atoms. The van der Waals surface area contributed by atoms with Crippen LogP contribution in [0, 0.1) is 0 Å². The lowest BCUT2D eigenvalue weighted by molar-refractivity contribution is -0.123. The van der Waals surface area contributed by atoms with Crippen molar-refractivity contribution in [2.75, 3.05) is 20.2 Å². The lowest BCUT2D eigenvalue weighted by Crippen LogP contribution is -2.49. The highest BCUT2D eigenvalue weighted by Crippen LogP contribution is 2.26. The van der Waals surface area contributed by atoms with E-state index in [-0.39, 0.29) is 18.4 Å². The van der Waals surface area contributed by atoms with Gasteiger partial charge in [0.15, 0.2) is 0 Å². The van der Waals surface area contributed by atoms with Crippen LogP contribution in [0.3, 0.4) is 0 Å². The molecule has 3 heterocycles. The fraction of sp³-hybridized carbons (Fsp3) is 0.385. The van der Waals surface area contributed by atoms with Crippen LogP contribution in [-0.4, -0.2) is 53.5 Å². The maximum atomic E-state index is 12.4. The fourth-order valence-corrected chi connectivity index (χ4v) is 2.61. The van der Waals surface area contributed by atoms with Crippen molar-refractivity contribution in [3.8, 4) is 5.88 Å². The summed E-state index contributed by atoms with van der Waals surface area (Å²) in [5.41, 5.74) is -0.579. The second-order valence-corrected chi connectivity index (χ2v) is 5.06. The third kappa shape index (κ3) is 2.18. The van der Waals surface area contributed by atoms with Crippen LogP contribution in [0.1, 0.15) is 16.8 Å². The number of hydrogen-bond donors (Lipinski definition) is 2. The molecule has 1 unspecified atom stereocenters. The Hall–Kier alpha value is -2.64. The summed E-state index contributed by atoms with van der Waals surface area (Å²) in [5.74, 6) is -0.182. The number of urea groups is 1. The number of likely N-dealkylation sites (tertiary alicyclic amines) is 1. The van der Waals surface area contributed by atoms with Crippen molar-refractivity contribution in [1.29, 1.82) is 0 Å². The molecular formula is C13H14N4O4. The number of nitrogens with zero attached hydrogens (tertiary/aromatic N) is 2. The average Bonchev–Trinajstić information content (AvgIpc) is 3.03. The van der Waals surface area contributed by atoms with Crippen LogP contribution in [0.15, 0.2) is 18.3 Å². The Balaban J connectivity index is 1.75. The lowest BCUT2D eigenvalue weighted by Gasteiger charge is -2.21. The lowest BCUT2D eigenvalue weighted by atomic mass is 9.99. The number of methoxy groups -OCH3 is 1. The van der Waals surface area contributed by atoms with E-state index in [1.54, 1.807) is 12.1 Å². The molecule has 1 atom stereocenters. The van der Waals surface area contributed by atoms with Gasteiger partial charge in [0.25, 0.3) is 11.8 Å². The number of pyridine rings is 1. The minimum atomic E-state index is -0.993. The van der Waals surface area contributed by atoms with E-state index >= 15 is 0 Å². The summed E-state index contributed by atoms with van der Waals surface area (Å²) in [4.78, 5) is 41.0. The molecule has 21 heavy (non-hydrogen) atoms. The number of carbonyl (C=O) groups excluding carboxylic acids is 3. The molecule has 2 aliphatic rings. The molecule has 8 nitrogen and oxygen atoms in total. The summed E-state index contributed by atoms with van der Waals surface area (Å²) >= 11 is 0. The second-order valence-electron chi connectivity index (χ2n) is 5.06. The molecule has 1 aromatic rings. The highest BCUT2D eigenvalue weighted by Gasteiger charge is 2.51. The van der Waals surface area contributed by atoms with Crippen molar-refractivity contribution in [3.05, 3.63) is 23.9 Å². The van der Waals surface area contributed by atoms with Gasteiger partial charge in [0.05, 0.1) is 19.2 Å². The molecule has 1 aromatic heterocycles. The van der Waals surface area contributed by atoms with Gasteiger partial charge in [0.2, 0.25) is 5.88 Å². The summed E-state index contributed by atoms with van der Waals surface area (Å²) < 4.78 is 4.94. The van der Waals surface area contributed by atoms with Gasteiger partial charge in [-0.2, -0.15) is 0 Å². The van der Waals surface area contributed by atoms with Crippen molar-refractivity contribution >= 4 is 17.8 Å². The molecule has 2 saturated heterocycles. The first-order valence-electron chi connectivity index (χ1n) is 6.47. The van der Waals surface area contributed by atoms with Gasteiger partial charge in [-0.25, -0.2) is 9.78 Å². The van der Waals surface area contributed by atoms with Crippen LogP contribution in [0.25, 0.3) is 0 Å². The van der Waals surface area contributed by atoms with Crippen LogP contribution in [0.4, 0.5) is 4.79 Å². The van der Waals surface area contributed by atoms with Gasteiger partial charge in [-0.1, -0.05) is 0 Å². The van der Waals surface area contributed by atoms with Gasteiger partial charge in [0, 0.05) is 18.8 Å². The summed E-state index contributed by atoms with van der Waals surface area (Å²) in [7, 11) is 1.50. The Kier molecular flexibility index (Phi) is 3.00. The van der Waals surface area contributed by atoms with Crippen molar-refractivity contribution in [1.82, 2.24) is 20.5 Å². The summed E-state index contributed by atoms with van der Waals surface area (Å²) in [5, 5.41) is 4.81. The molecule has 0 aliphatic carbocycles. The molecule has 110 valence electrons. The van der Waals surface area contributed by atoms with E-state index in [0.29, 0.717) is 24.4 Å². The van der Waals surface area contributed by atoms with Gasteiger partial charge in [-0.3, -0.25) is 14.9 Å². The maximum Gasteiger partial charge on any atom is 0.322 e. The first-order valence-corrected chi connectivity index (χ1v) is 6.47. The first kappa shape index (κ1) is 13.3. The van der Waals surface area contributed by atoms with Crippen molar-refractivity contribution in [3.63, 3.8) is 0 Å². The Bertz CT molecular complexity index is 615. The smallest absolute Gasteiger partial charge is 0.322 e. The number of nitrogens with one attached hydrogen (secondary N) is 2. The molecule has 2 N–H and O–H groups in total. The van der Waals surface area contributed by atoms with E-state index in [1.165, 1.54) is 18.2 Å². The molecule has 8 heteroatoms. The first-order chi connectivity index (χ1) is 10.0. The highest BCUT2D eigenvalue weighted by molar-refractivity contribution is 6.08. The molecule has 4 amide bonds. The number of ether oxygens (including phenoxy) is 1. The molecule has 3 rings (SSSR count). The summed E-state index contributed by atoms with van der Waals surface area (Å²) in [6, 6.07) is 2.70. The predicted molar refractivity (Wildman–Crippen MR) is 70.7 cm³/mol. The van der Waals surface area contributed by atoms with E-state index in [2.05, 4.69) is 15.6 Å². The van der Waals surface area contributed by atoms with E-state index in [4.69, 9.17) is 4.74 Å². The topological polar surface area (TPSA) is 101 Å². The third-order valence-electron chi connectivity index (χ3n) is 3.76. The van der Waals surface area contributed by atoms with Crippen LogP contribution < -0.4 is 15.4 Å². The molecule has 0 radical (unpaired) electrons. The second kappa shape index (κ2) is 4.72. The number of hydrogen-bond acceptors (Lipinski definition) is 5. The fourth-order valence-electron chi connectivity index (χ4n) is 2.61. The average molecular weight is 290 g/mol. The van der Waals surface area contributed by atoms with E-state index in [1.807, 2.05) is 0 Å². The zero-order valence-electron chi connectivity index (χ0n) is 11.4. The number of carbonyl (C=O) groups is 3. The zero-order chi connectivity index (χ0) is 15.0. The van der Waals surface area contributed by atoms with Crippen molar-refractivity contribution in [2.24, 2.45) is 0 Å². The minimum Gasteiger partial charge on any atom is -0.481 e. The molecule has 0 aromatic carbocycles. The SMILES string of the molecule is COc1ccc(C(=O)N2CCC3(C2)NC(=O)NC3=O)cn1. The predicted octanol–water partition coefficient (Wildman–Crippen LogP) is -0.486. The van der Waals surface area contributed by atoms with Gasteiger partial charge in [0.1, 0.15) is 5.54 Å². The van der Waals surface area contributed by atoms with Crippen molar-refractivity contribution in [2.45, 2.75) is 12.0 Å². The molecular weight excluding hydrogens is 276 g/mol. The monoisotopic (exact) mass is 290 g/mol. The van der Waals surface area contributed by atoms with E-state index in [9.17, 15) is 14.4 Å². The number of imide groups is 1. The molecule has 2 fully saturated rings. The largest absolute Gasteiger partial charge is 0.481 e. The van der Waals surface area contributed by atoms with E-state index in [0.717, 1.165) is 0 Å². The van der Waals surface area contributed by atoms with Gasteiger partial charge in [-0.15, -0.1) is 0 Å². The molecule has 1 spiro atoms. The Morgan fingerprint density at radius 1 is 1.43 bits per heavy atom. The Labute approximate surface area is 120 Å². The summed E-state index contributed by atoms with van der Waals surface area (Å²) in [6.45, 7) is 0.563. The van der Waals surface area contributed by atoms with E-state index < -0.39 is 11.6 Å². The number of amides is 4. The standard InChI is InChI=1S/C13H14N4O4/c1-21-9-3-2-8(6-14-9)10(18)17-5-4-13(7-17)11(19)15-12(20)16-13/h2-3,6H,4-5,7H2,1H3,(H2,15,16,19,20). The molecule has 2 aliphatic heterocycles. The Morgan fingerprint density at radius 3 is 2.81 bits per heavy atom. The van der Waals surface area contributed by atoms with Crippen LogP contribution in [0.2, 0.25) is 0 Å². The van der Waals surface area contributed by atoms with Gasteiger partial charge >= 0.3 is 6.03 Å².